The van der Waals surface area contributed by atoms with Crippen LogP contribution in [0.25, 0.3) is 0 Å². The van der Waals surface area contributed by atoms with Gasteiger partial charge in [0.1, 0.15) is 0 Å². The van der Waals surface area contributed by atoms with E-state index in [2.05, 4.69) is 10.6 Å². The second-order valence-corrected chi connectivity index (χ2v) is 8.01. The first-order valence-corrected chi connectivity index (χ1v) is 9.09. The van der Waals surface area contributed by atoms with Crippen LogP contribution < -0.4 is 10.6 Å². The molecule has 3 saturated carbocycles. The maximum absolute atomic E-state index is 12.9. The van der Waals surface area contributed by atoms with E-state index < -0.39 is 11.7 Å². The number of hydrogen-bond acceptors (Lipinski definition) is 1. The highest BCUT2D eigenvalue weighted by atomic mass is 19.4. The highest BCUT2D eigenvalue weighted by molar-refractivity contribution is 5.75. The summed E-state index contributed by atoms with van der Waals surface area (Å²) in [5.74, 6) is 0.230. The Labute approximate surface area is 145 Å². The number of urea groups is 1. The Hall–Kier alpha value is -1.72. The maximum atomic E-state index is 12.9. The molecule has 25 heavy (non-hydrogen) atoms. The Morgan fingerprint density at radius 3 is 2.48 bits per heavy atom. The van der Waals surface area contributed by atoms with Gasteiger partial charge in [-0.2, -0.15) is 13.2 Å². The lowest BCUT2D eigenvalue weighted by molar-refractivity contribution is -0.137. The summed E-state index contributed by atoms with van der Waals surface area (Å²) in [5, 5.41) is 5.91. The van der Waals surface area contributed by atoms with Crippen LogP contribution >= 0.6 is 0 Å². The molecule has 1 aromatic rings. The van der Waals surface area contributed by atoms with Crippen LogP contribution in [0.15, 0.2) is 24.3 Å². The van der Waals surface area contributed by atoms with E-state index in [4.69, 9.17) is 0 Å². The van der Waals surface area contributed by atoms with Gasteiger partial charge < -0.3 is 10.6 Å². The summed E-state index contributed by atoms with van der Waals surface area (Å²) >= 11 is 0. The van der Waals surface area contributed by atoms with Gasteiger partial charge in [-0.1, -0.05) is 18.6 Å². The number of carbonyl (C=O) groups is 1. The van der Waals surface area contributed by atoms with Crippen molar-refractivity contribution < 1.29 is 18.0 Å². The number of halogens is 3. The van der Waals surface area contributed by atoms with E-state index in [1.807, 2.05) is 0 Å². The van der Waals surface area contributed by atoms with Crippen LogP contribution in [0.5, 0.6) is 0 Å². The van der Waals surface area contributed by atoms with Crippen LogP contribution in [0.1, 0.15) is 62.1 Å². The van der Waals surface area contributed by atoms with Crippen molar-refractivity contribution in [3.8, 4) is 0 Å². The van der Waals surface area contributed by atoms with Crippen LogP contribution in [0.2, 0.25) is 0 Å². The Morgan fingerprint density at radius 1 is 1.20 bits per heavy atom. The van der Waals surface area contributed by atoms with Gasteiger partial charge in [0.15, 0.2) is 0 Å². The van der Waals surface area contributed by atoms with Crippen LogP contribution in [0, 0.1) is 11.3 Å². The molecule has 1 spiro atoms. The summed E-state index contributed by atoms with van der Waals surface area (Å²) in [6, 6.07) is 4.93. The first-order valence-electron chi connectivity index (χ1n) is 9.09. The number of nitrogens with one attached hydrogen (secondary N) is 2. The summed E-state index contributed by atoms with van der Waals surface area (Å²) in [4.78, 5) is 12.3. The topological polar surface area (TPSA) is 41.1 Å². The molecule has 3 fully saturated rings. The van der Waals surface area contributed by atoms with Gasteiger partial charge in [0.25, 0.3) is 0 Å². The zero-order valence-corrected chi connectivity index (χ0v) is 14.0. The van der Waals surface area contributed by atoms with E-state index in [9.17, 15) is 18.0 Å². The molecule has 0 aliphatic heterocycles. The van der Waals surface area contributed by atoms with Crippen molar-refractivity contribution in [2.45, 2.75) is 63.2 Å². The summed E-state index contributed by atoms with van der Waals surface area (Å²) < 4.78 is 38.8. The zero-order valence-electron chi connectivity index (χ0n) is 14.0. The summed E-state index contributed by atoms with van der Waals surface area (Å²) in [6.45, 7) is 0. The van der Waals surface area contributed by atoms with Gasteiger partial charge in [-0.05, 0) is 67.6 Å². The fourth-order valence-electron chi connectivity index (χ4n) is 4.35. The molecule has 3 aliphatic carbocycles. The fraction of sp³-hybridized carbons (Fsp3) is 0.632. The van der Waals surface area contributed by atoms with Gasteiger partial charge >= 0.3 is 12.2 Å². The molecule has 1 aromatic carbocycles. The summed E-state index contributed by atoms with van der Waals surface area (Å²) in [7, 11) is 0. The predicted molar refractivity (Wildman–Crippen MR) is 87.9 cm³/mol. The number of alkyl halides is 3. The number of amides is 2. The Kier molecular flexibility index (Phi) is 3.96. The van der Waals surface area contributed by atoms with E-state index in [0.717, 1.165) is 37.8 Å². The molecule has 4 rings (SSSR count). The third kappa shape index (κ3) is 3.48. The number of rotatable bonds is 4. The minimum absolute atomic E-state index is 0.210. The second-order valence-electron chi connectivity index (χ2n) is 8.01. The van der Waals surface area contributed by atoms with Crippen LogP contribution in [0.4, 0.5) is 18.0 Å². The molecular formula is C19H23F3N2O. The van der Waals surface area contributed by atoms with E-state index in [-0.39, 0.29) is 24.0 Å². The highest BCUT2D eigenvalue weighted by Crippen LogP contribution is 2.55. The Balaban J connectivity index is 1.39. The molecule has 0 heterocycles. The largest absolute Gasteiger partial charge is 0.416 e. The Bertz CT molecular complexity index is 657. The van der Waals surface area contributed by atoms with Crippen LogP contribution in [-0.2, 0) is 6.18 Å². The molecule has 2 N–H and O–H groups in total. The van der Waals surface area contributed by atoms with E-state index >= 15 is 0 Å². The fourth-order valence-corrected chi connectivity index (χ4v) is 4.35. The zero-order chi connectivity index (χ0) is 17.7. The third-order valence-corrected chi connectivity index (χ3v) is 6.06. The Morgan fingerprint density at radius 2 is 1.92 bits per heavy atom. The molecule has 0 aromatic heterocycles. The molecule has 6 heteroatoms. The van der Waals surface area contributed by atoms with Crippen molar-refractivity contribution in [2.24, 2.45) is 11.3 Å². The first-order chi connectivity index (χ1) is 11.8. The van der Waals surface area contributed by atoms with Gasteiger partial charge in [0.05, 0.1) is 11.6 Å². The van der Waals surface area contributed by atoms with Crippen molar-refractivity contribution >= 4 is 6.03 Å². The summed E-state index contributed by atoms with van der Waals surface area (Å²) in [6.07, 6.45) is 3.41. The van der Waals surface area contributed by atoms with Crippen molar-refractivity contribution in [2.75, 3.05) is 0 Å². The van der Waals surface area contributed by atoms with Crippen molar-refractivity contribution in [3.05, 3.63) is 35.4 Å². The van der Waals surface area contributed by atoms with Gasteiger partial charge in [0.2, 0.25) is 0 Å². The normalized spacial score (nSPS) is 23.5. The van der Waals surface area contributed by atoms with E-state index in [1.54, 1.807) is 6.07 Å². The van der Waals surface area contributed by atoms with E-state index in [1.165, 1.54) is 25.3 Å². The molecule has 3 nitrogen and oxygen atoms in total. The minimum Gasteiger partial charge on any atom is -0.335 e. The van der Waals surface area contributed by atoms with Gasteiger partial charge in [-0.25, -0.2) is 4.79 Å². The quantitative estimate of drug-likeness (QED) is 0.804. The molecule has 3 aliphatic rings. The summed E-state index contributed by atoms with van der Waals surface area (Å²) in [5.41, 5.74) is 0.356. The van der Waals surface area contributed by atoms with Crippen molar-refractivity contribution in [1.29, 1.82) is 0 Å². The number of benzene rings is 1. The second kappa shape index (κ2) is 5.92. The number of hydrogen-bond donors (Lipinski definition) is 2. The maximum Gasteiger partial charge on any atom is 0.416 e. The molecule has 1 unspecified atom stereocenters. The van der Waals surface area contributed by atoms with Gasteiger partial charge in [-0.3, -0.25) is 0 Å². The lowest BCUT2D eigenvalue weighted by Crippen LogP contribution is -2.55. The highest BCUT2D eigenvalue weighted by Gasteiger charge is 2.48. The number of carbonyl (C=O) groups excluding carboxylic acids is 1. The van der Waals surface area contributed by atoms with E-state index in [0.29, 0.717) is 11.0 Å². The average molecular weight is 352 g/mol. The van der Waals surface area contributed by atoms with Gasteiger partial charge in [-0.15, -0.1) is 0 Å². The molecular weight excluding hydrogens is 329 g/mol. The molecule has 1 atom stereocenters. The predicted octanol–water partition coefficient (Wildman–Crippen LogP) is 4.79. The van der Waals surface area contributed by atoms with Crippen LogP contribution in [-0.4, -0.2) is 12.1 Å². The third-order valence-electron chi connectivity index (χ3n) is 6.06. The standard InChI is InChI=1S/C19H23F3N2O/c20-19(21,22)14-4-1-3-13(9-14)16(12-5-6-12)24-17(25)23-15-10-18(11-15)7-2-8-18/h1,3-4,9,12,15-16H,2,5-8,10-11H2,(H2,23,24,25). The average Bonchev–Trinajstić information content (AvgIpc) is 3.30. The molecule has 136 valence electrons. The lowest BCUT2D eigenvalue weighted by atomic mass is 9.54. The van der Waals surface area contributed by atoms with Crippen molar-refractivity contribution in [1.82, 2.24) is 10.6 Å². The monoisotopic (exact) mass is 352 g/mol. The van der Waals surface area contributed by atoms with Gasteiger partial charge in [0, 0.05) is 6.04 Å². The van der Waals surface area contributed by atoms with Crippen molar-refractivity contribution in [3.63, 3.8) is 0 Å². The molecule has 2 amide bonds. The van der Waals surface area contributed by atoms with Crippen LogP contribution in [0.3, 0.4) is 0 Å². The molecule has 0 radical (unpaired) electrons. The molecule has 0 bridgehead atoms. The smallest absolute Gasteiger partial charge is 0.335 e. The lowest BCUT2D eigenvalue weighted by Gasteiger charge is -2.54. The minimum atomic E-state index is -4.37. The SMILES string of the molecule is O=C(NC1CC2(CCC2)C1)NC(c1cccc(C(F)(F)F)c1)C1CC1. The first kappa shape index (κ1) is 16.7. The molecule has 0 saturated heterocycles.